The first kappa shape index (κ1) is 21.0. The molecular formula is C17H23N2O8P. The summed E-state index contributed by atoms with van der Waals surface area (Å²) >= 11 is 0. The molecule has 0 saturated carbocycles. The van der Waals surface area contributed by atoms with Crippen molar-refractivity contribution >= 4 is 7.60 Å². The summed E-state index contributed by atoms with van der Waals surface area (Å²) in [6, 6.07) is 1.21. The fraction of sp³-hybridized carbons (Fsp3) is 0.647. The molecule has 28 heavy (non-hydrogen) atoms. The number of H-pyrrole nitrogens is 1. The molecule has 11 heteroatoms. The Morgan fingerprint density at radius 1 is 1.21 bits per heavy atom. The normalized spacial score (nSPS) is 28.6. The van der Waals surface area contributed by atoms with Crippen molar-refractivity contribution in [2.75, 3.05) is 13.2 Å². The van der Waals surface area contributed by atoms with E-state index >= 15 is 0 Å². The van der Waals surface area contributed by atoms with E-state index in [2.05, 4.69) is 16.6 Å². The van der Waals surface area contributed by atoms with Crippen LogP contribution in [0.3, 0.4) is 0 Å². The standard InChI is InChI=1S/C17H23N2O8P/c1-5-23-28(22,24-6-2)10-8-11-13-14(27-17(3,4)26-13)15(25-11)19-9-7-12(20)18-16(19)21/h7,9,11,13-15H,5-6H2,1-4H3,(H,18,20,21)/t11-,13-,14-,15-/m1/s1. The van der Waals surface area contributed by atoms with E-state index in [1.165, 1.54) is 16.8 Å². The van der Waals surface area contributed by atoms with E-state index in [1.54, 1.807) is 27.7 Å². The highest BCUT2D eigenvalue weighted by molar-refractivity contribution is 7.59. The van der Waals surface area contributed by atoms with Gasteiger partial charge in [-0.3, -0.25) is 23.4 Å². The SMILES string of the molecule is CCOP(=O)(C#C[C@H]1O[C@@H](n2ccc(=O)[nH]c2=O)[C@@H]2OC(C)(C)O[C@@H]21)OCC. The molecule has 1 N–H and O–H groups in total. The zero-order valence-corrected chi connectivity index (χ0v) is 16.9. The predicted molar refractivity (Wildman–Crippen MR) is 97.7 cm³/mol. The van der Waals surface area contributed by atoms with Crippen LogP contribution in [0.25, 0.3) is 0 Å². The van der Waals surface area contributed by atoms with Crippen molar-refractivity contribution in [3.8, 4) is 11.6 Å². The van der Waals surface area contributed by atoms with Crippen LogP contribution in [0.4, 0.5) is 0 Å². The first-order valence-electron chi connectivity index (χ1n) is 8.92. The second-order valence-corrected chi connectivity index (χ2v) is 8.35. The lowest BCUT2D eigenvalue weighted by Gasteiger charge is -2.23. The summed E-state index contributed by atoms with van der Waals surface area (Å²) in [7, 11) is -3.60. The summed E-state index contributed by atoms with van der Waals surface area (Å²) in [5.41, 5.74) is 1.36. The molecule has 0 radical (unpaired) electrons. The van der Waals surface area contributed by atoms with Gasteiger partial charge in [0.1, 0.15) is 18.3 Å². The highest BCUT2D eigenvalue weighted by atomic mass is 31.2. The zero-order chi connectivity index (χ0) is 20.5. The molecule has 3 heterocycles. The van der Waals surface area contributed by atoms with Crippen LogP contribution < -0.4 is 11.2 Å². The minimum Gasteiger partial charge on any atom is -0.341 e. The van der Waals surface area contributed by atoms with Gasteiger partial charge in [0, 0.05) is 17.9 Å². The number of aromatic nitrogens is 2. The zero-order valence-electron chi connectivity index (χ0n) is 16.0. The Balaban J connectivity index is 1.94. The molecule has 0 spiro atoms. The highest BCUT2D eigenvalue weighted by Crippen LogP contribution is 2.47. The third-order valence-electron chi connectivity index (χ3n) is 4.10. The van der Waals surface area contributed by atoms with Gasteiger partial charge in [-0.05, 0) is 27.7 Å². The maximum absolute atomic E-state index is 12.6. The maximum Gasteiger partial charge on any atom is 0.405 e. The number of nitrogens with zero attached hydrogens (tertiary/aromatic N) is 1. The molecule has 1 aromatic rings. The van der Waals surface area contributed by atoms with E-state index in [4.69, 9.17) is 23.3 Å². The quantitative estimate of drug-likeness (QED) is 0.564. The Morgan fingerprint density at radius 2 is 1.86 bits per heavy atom. The Bertz CT molecular complexity index is 933. The summed E-state index contributed by atoms with van der Waals surface area (Å²) in [5.74, 6) is 1.83. The van der Waals surface area contributed by atoms with E-state index in [0.717, 1.165) is 0 Å². The molecule has 10 nitrogen and oxygen atoms in total. The van der Waals surface area contributed by atoms with Gasteiger partial charge in [0.05, 0.1) is 13.2 Å². The average Bonchev–Trinajstić information content (AvgIpc) is 3.07. The third-order valence-corrected chi connectivity index (χ3v) is 5.70. The van der Waals surface area contributed by atoms with Gasteiger partial charge in [-0.2, -0.15) is 0 Å². The molecule has 2 saturated heterocycles. The van der Waals surface area contributed by atoms with Crippen molar-refractivity contribution in [3.63, 3.8) is 0 Å². The summed E-state index contributed by atoms with van der Waals surface area (Å²) in [6.07, 6.45) is -1.70. The van der Waals surface area contributed by atoms with Gasteiger partial charge < -0.3 is 14.2 Å². The lowest BCUT2D eigenvalue weighted by Crippen LogP contribution is -2.37. The van der Waals surface area contributed by atoms with E-state index in [9.17, 15) is 14.2 Å². The number of hydrogen-bond acceptors (Lipinski definition) is 8. The third kappa shape index (κ3) is 4.30. The lowest BCUT2D eigenvalue weighted by molar-refractivity contribution is -0.191. The van der Waals surface area contributed by atoms with Gasteiger partial charge in [-0.1, -0.05) is 5.92 Å². The topological polar surface area (TPSA) is 118 Å². The number of ether oxygens (including phenoxy) is 3. The summed E-state index contributed by atoms with van der Waals surface area (Å²) in [5, 5.41) is 0. The van der Waals surface area contributed by atoms with E-state index in [1.807, 2.05) is 0 Å². The monoisotopic (exact) mass is 414 g/mol. The summed E-state index contributed by atoms with van der Waals surface area (Å²) < 4.78 is 41.7. The molecule has 0 bridgehead atoms. The highest BCUT2D eigenvalue weighted by Gasteiger charge is 2.56. The molecule has 0 amide bonds. The van der Waals surface area contributed by atoms with E-state index in [0.29, 0.717) is 0 Å². The van der Waals surface area contributed by atoms with Crippen molar-refractivity contribution in [3.05, 3.63) is 33.1 Å². The second kappa shape index (κ2) is 7.95. The Hall–Kier alpha value is -1.73. The predicted octanol–water partition coefficient (Wildman–Crippen LogP) is 1.18. The number of hydrogen-bond donors (Lipinski definition) is 1. The fourth-order valence-corrected chi connectivity index (χ4v) is 4.30. The van der Waals surface area contributed by atoms with Crippen molar-refractivity contribution in [1.82, 2.24) is 9.55 Å². The molecule has 2 aliphatic heterocycles. The Labute approximate surface area is 161 Å². The molecule has 3 rings (SSSR count). The molecule has 4 atom stereocenters. The smallest absolute Gasteiger partial charge is 0.341 e. The first-order valence-corrected chi connectivity index (χ1v) is 10.5. The fourth-order valence-electron chi connectivity index (χ4n) is 3.13. The number of aromatic amines is 1. The largest absolute Gasteiger partial charge is 0.405 e. The molecule has 0 aliphatic carbocycles. The molecule has 0 unspecified atom stereocenters. The van der Waals surface area contributed by atoms with Crippen LogP contribution >= 0.6 is 7.60 Å². The van der Waals surface area contributed by atoms with Crippen molar-refractivity contribution in [2.45, 2.75) is 58.0 Å². The van der Waals surface area contributed by atoms with Crippen LogP contribution in [-0.4, -0.2) is 46.9 Å². The molecule has 2 aliphatic rings. The minimum atomic E-state index is -3.60. The van der Waals surface area contributed by atoms with Crippen LogP contribution in [0.1, 0.15) is 33.9 Å². The van der Waals surface area contributed by atoms with Gasteiger partial charge in [-0.25, -0.2) is 9.36 Å². The lowest BCUT2D eigenvalue weighted by atomic mass is 10.1. The van der Waals surface area contributed by atoms with E-state index in [-0.39, 0.29) is 13.2 Å². The maximum atomic E-state index is 12.6. The van der Waals surface area contributed by atoms with Crippen LogP contribution in [-0.2, 0) is 27.8 Å². The Morgan fingerprint density at radius 3 is 2.46 bits per heavy atom. The van der Waals surface area contributed by atoms with Crippen molar-refractivity contribution < 1.29 is 27.8 Å². The van der Waals surface area contributed by atoms with E-state index < -0.39 is 49.2 Å². The van der Waals surface area contributed by atoms with Gasteiger partial charge in [0.2, 0.25) is 0 Å². The van der Waals surface area contributed by atoms with Crippen LogP contribution in [0, 0.1) is 11.6 Å². The Kier molecular flexibility index (Phi) is 5.96. The summed E-state index contributed by atoms with van der Waals surface area (Å²) in [6.45, 7) is 7.17. The van der Waals surface area contributed by atoms with Crippen LogP contribution in [0.2, 0.25) is 0 Å². The molecule has 154 valence electrons. The van der Waals surface area contributed by atoms with Crippen LogP contribution in [0.5, 0.6) is 0 Å². The van der Waals surface area contributed by atoms with Crippen LogP contribution in [0.15, 0.2) is 21.9 Å². The van der Waals surface area contributed by atoms with Gasteiger partial charge >= 0.3 is 13.3 Å². The number of nitrogens with one attached hydrogen (secondary N) is 1. The second-order valence-electron chi connectivity index (χ2n) is 6.62. The number of fused-ring (bicyclic) bond motifs is 1. The molecule has 0 aromatic carbocycles. The van der Waals surface area contributed by atoms with Crippen molar-refractivity contribution in [1.29, 1.82) is 0 Å². The molecule has 2 fully saturated rings. The van der Waals surface area contributed by atoms with Gasteiger partial charge in [0.25, 0.3) is 5.56 Å². The molecular weight excluding hydrogens is 391 g/mol. The van der Waals surface area contributed by atoms with Gasteiger partial charge in [0.15, 0.2) is 12.0 Å². The first-order chi connectivity index (χ1) is 13.2. The van der Waals surface area contributed by atoms with Crippen molar-refractivity contribution in [2.24, 2.45) is 0 Å². The summed E-state index contributed by atoms with van der Waals surface area (Å²) in [4.78, 5) is 25.7. The molecule has 1 aromatic heterocycles. The average molecular weight is 414 g/mol. The van der Waals surface area contributed by atoms with Gasteiger partial charge in [-0.15, -0.1) is 0 Å². The number of rotatable bonds is 5. The minimum absolute atomic E-state index is 0.172.